The topological polar surface area (TPSA) is 38.7 Å². The Morgan fingerprint density at radius 2 is 2.11 bits per heavy atom. The molecule has 3 nitrogen and oxygen atoms in total. The van der Waals surface area contributed by atoms with E-state index in [1.807, 2.05) is 25.6 Å². The van der Waals surface area contributed by atoms with Gasteiger partial charge in [0.1, 0.15) is 0 Å². The van der Waals surface area contributed by atoms with Crippen LogP contribution in [0.3, 0.4) is 0 Å². The Bertz CT molecular complexity index is 256. The second kappa shape index (κ2) is 6.12. The molecule has 0 saturated carbocycles. The molecule has 2 aliphatic heterocycles. The molecule has 0 amide bonds. The Kier molecular flexibility index (Phi) is 4.98. The lowest BCUT2D eigenvalue weighted by atomic mass is 9.86. The Balaban J connectivity index is 1.83. The van der Waals surface area contributed by atoms with E-state index in [4.69, 9.17) is 9.47 Å². The van der Waals surface area contributed by atoms with Gasteiger partial charge in [0.05, 0.1) is 24.9 Å². The van der Waals surface area contributed by atoms with Crippen molar-refractivity contribution in [2.24, 2.45) is 5.41 Å². The van der Waals surface area contributed by atoms with Gasteiger partial charge in [-0.25, -0.2) is 0 Å². The summed E-state index contributed by atoms with van der Waals surface area (Å²) in [4.78, 5) is 0. The van der Waals surface area contributed by atoms with Crippen LogP contribution in [-0.4, -0.2) is 48.1 Å². The van der Waals surface area contributed by atoms with Gasteiger partial charge in [0.15, 0.2) is 0 Å². The molecule has 0 bridgehead atoms. The van der Waals surface area contributed by atoms with E-state index in [9.17, 15) is 5.11 Å². The summed E-state index contributed by atoms with van der Waals surface area (Å²) in [5.74, 6) is 2.43. The summed E-state index contributed by atoms with van der Waals surface area (Å²) in [5.41, 5.74) is -0.0363. The number of hydrogen-bond donors (Lipinski definition) is 1. The van der Waals surface area contributed by atoms with E-state index in [-0.39, 0.29) is 17.6 Å². The van der Waals surface area contributed by atoms with Crippen LogP contribution < -0.4 is 0 Å². The van der Waals surface area contributed by atoms with Gasteiger partial charge in [-0.05, 0) is 30.8 Å². The molecule has 2 heterocycles. The molecular weight excluding hydrogens is 248 g/mol. The monoisotopic (exact) mass is 274 g/mol. The molecule has 2 fully saturated rings. The molecule has 1 N–H and O–H groups in total. The lowest BCUT2D eigenvalue weighted by molar-refractivity contribution is -0.146. The van der Waals surface area contributed by atoms with Crippen molar-refractivity contribution in [1.82, 2.24) is 0 Å². The quantitative estimate of drug-likeness (QED) is 0.855. The van der Waals surface area contributed by atoms with Crippen LogP contribution in [0.25, 0.3) is 0 Å². The van der Waals surface area contributed by atoms with Gasteiger partial charge in [0, 0.05) is 18.4 Å². The SMILES string of the molecule is CC(C)(CO)COC1CCOC2(CCSCC2)C1. The molecule has 0 aromatic rings. The molecule has 0 aromatic carbocycles. The summed E-state index contributed by atoms with van der Waals surface area (Å²) in [6, 6.07) is 0. The van der Waals surface area contributed by atoms with Gasteiger partial charge >= 0.3 is 0 Å². The highest BCUT2D eigenvalue weighted by molar-refractivity contribution is 7.99. The van der Waals surface area contributed by atoms with Crippen molar-refractivity contribution in [2.45, 2.75) is 51.2 Å². The number of aliphatic hydroxyl groups excluding tert-OH is 1. The summed E-state index contributed by atoms with van der Waals surface area (Å²) in [7, 11) is 0. The third-order valence-corrected chi connectivity index (χ3v) is 4.98. The average molecular weight is 274 g/mol. The first kappa shape index (κ1) is 14.6. The minimum Gasteiger partial charge on any atom is -0.396 e. The molecule has 0 radical (unpaired) electrons. The van der Waals surface area contributed by atoms with Crippen molar-refractivity contribution in [3.8, 4) is 0 Å². The fourth-order valence-corrected chi connectivity index (χ4v) is 3.84. The first-order valence-corrected chi connectivity index (χ1v) is 8.15. The predicted molar refractivity (Wildman–Crippen MR) is 75.1 cm³/mol. The van der Waals surface area contributed by atoms with Gasteiger partial charge in [0.25, 0.3) is 0 Å². The molecule has 2 rings (SSSR count). The summed E-state index contributed by atoms with van der Waals surface area (Å²) in [6.45, 7) is 5.73. The van der Waals surface area contributed by atoms with Crippen molar-refractivity contribution in [2.75, 3.05) is 31.3 Å². The standard InChI is InChI=1S/C14H26O3S/c1-13(2,10-15)11-16-12-3-6-17-14(9-12)4-7-18-8-5-14/h12,15H,3-11H2,1-2H3. The van der Waals surface area contributed by atoms with Crippen LogP contribution in [-0.2, 0) is 9.47 Å². The fourth-order valence-electron chi connectivity index (χ4n) is 2.61. The molecule has 2 saturated heterocycles. The Labute approximate surface area is 115 Å². The molecular formula is C14H26O3S. The highest BCUT2D eigenvalue weighted by Gasteiger charge is 2.39. The minimum absolute atomic E-state index is 0.0948. The van der Waals surface area contributed by atoms with Crippen LogP contribution in [0.5, 0.6) is 0 Å². The van der Waals surface area contributed by atoms with Crippen molar-refractivity contribution in [3.05, 3.63) is 0 Å². The van der Waals surface area contributed by atoms with Crippen molar-refractivity contribution in [3.63, 3.8) is 0 Å². The van der Waals surface area contributed by atoms with E-state index in [1.165, 1.54) is 24.3 Å². The van der Waals surface area contributed by atoms with E-state index in [0.29, 0.717) is 12.7 Å². The second-order valence-electron chi connectivity index (χ2n) is 6.39. The van der Waals surface area contributed by atoms with Crippen molar-refractivity contribution in [1.29, 1.82) is 0 Å². The first-order valence-electron chi connectivity index (χ1n) is 7.00. The highest BCUT2D eigenvalue weighted by atomic mass is 32.2. The van der Waals surface area contributed by atoms with Crippen molar-refractivity contribution >= 4 is 11.8 Å². The molecule has 0 aliphatic carbocycles. The van der Waals surface area contributed by atoms with Crippen LogP contribution in [0.4, 0.5) is 0 Å². The van der Waals surface area contributed by atoms with Gasteiger partial charge in [-0.3, -0.25) is 0 Å². The van der Waals surface area contributed by atoms with Crippen LogP contribution in [0.15, 0.2) is 0 Å². The van der Waals surface area contributed by atoms with Gasteiger partial charge < -0.3 is 14.6 Å². The van der Waals surface area contributed by atoms with Crippen molar-refractivity contribution < 1.29 is 14.6 Å². The number of thioether (sulfide) groups is 1. The number of ether oxygens (including phenoxy) is 2. The molecule has 1 atom stereocenters. The smallest absolute Gasteiger partial charge is 0.0723 e. The summed E-state index contributed by atoms with van der Waals surface area (Å²) in [6.07, 6.45) is 4.68. The Hall–Kier alpha value is 0.230. The van der Waals surface area contributed by atoms with Crippen LogP contribution in [0.2, 0.25) is 0 Å². The zero-order valence-electron chi connectivity index (χ0n) is 11.6. The zero-order chi connectivity index (χ0) is 13.1. The van der Waals surface area contributed by atoms with E-state index < -0.39 is 0 Å². The van der Waals surface area contributed by atoms with E-state index in [0.717, 1.165) is 19.4 Å². The summed E-state index contributed by atoms with van der Waals surface area (Å²) < 4.78 is 12.1. The van der Waals surface area contributed by atoms with Crippen LogP contribution in [0, 0.1) is 5.41 Å². The summed E-state index contributed by atoms with van der Waals surface area (Å²) in [5, 5.41) is 9.26. The minimum atomic E-state index is -0.131. The maximum atomic E-state index is 9.26. The van der Waals surface area contributed by atoms with E-state index in [1.54, 1.807) is 0 Å². The number of aliphatic hydroxyl groups is 1. The third kappa shape index (κ3) is 3.86. The van der Waals surface area contributed by atoms with Crippen LogP contribution >= 0.6 is 11.8 Å². The molecule has 4 heteroatoms. The highest BCUT2D eigenvalue weighted by Crippen LogP contribution is 2.38. The van der Waals surface area contributed by atoms with E-state index >= 15 is 0 Å². The lowest BCUT2D eigenvalue weighted by Gasteiger charge is -2.43. The summed E-state index contributed by atoms with van der Waals surface area (Å²) >= 11 is 2.03. The number of rotatable bonds is 4. The largest absolute Gasteiger partial charge is 0.396 e. The Morgan fingerprint density at radius 1 is 1.39 bits per heavy atom. The molecule has 2 aliphatic rings. The average Bonchev–Trinajstić information content (AvgIpc) is 2.38. The van der Waals surface area contributed by atoms with Gasteiger partial charge in [-0.2, -0.15) is 11.8 Å². The first-order chi connectivity index (χ1) is 8.55. The fraction of sp³-hybridized carbons (Fsp3) is 1.00. The Morgan fingerprint density at radius 3 is 2.78 bits per heavy atom. The van der Waals surface area contributed by atoms with Gasteiger partial charge in [0.2, 0.25) is 0 Å². The van der Waals surface area contributed by atoms with Gasteiger partial charge in [-0.1, -0.05) is 13.8 Å². The third-order valence-electron chi connectivity index (χ3n) is 3.99. The van der Waals surface area contributed by atoms with Gasteiger partial charge in [-0.15, -0.1) is 0 Å². The zero-order valence-corrected chi connectivity index (χ0v) is 12.4. The lowest BCUT2D eigenvalue weighted by Crippen LogP contribution is -2.45. The predicted octanol–water partition coefficient (Wildman–Crippen LogP) is 2.47. The second-order valence-corrected chi connectivity index (χ2v) is 7.62. The molecule has 1 spiro atoms. The maximum absolute atomic E-state index is 9.26. The molecule has 0 aromatic heterocycles. The van der Waals surface area contributed by atoms with E-state index in [2.05, 4.69) is 0 Å². The normalized spacial score (nSPS) is 28.5. The molecule has 18 heavy (non-hydrogen) atoms. The maximum Gasteiger partial charge on any atom is 0.0723 e. The van der Waals surface area contributed by atoms with Crippen LogP contribution in [0.1, 0.15) is 39.5 Å². The number of hydrogen-bond acceptors (Lipinski definition) is 4. The molecule has 1 unspecified atom stereocenters. The molecule has 106 valence electrons.